The van der Waals surface area contributed by atoms with Crippen molar-refractivity contribution in [2.45, 2.75) is 26.8 Å². The zero-order valence-corrected chi connectivity index (χ0v) is 13.7. The zero-order chi connectivity index (χ0) is 16.1. The smallest absolute Gasteiger partial charge is 0.262 e. The number of nitrogens with zero attached hydrogens (tertiary/aromatic N) is 2. The van der Waals surface area contributed by atoms with Crippen LogP contribution in [0.4, 0.5) is 4.39 Å². The second-order valence-corrected chi connectivity index (χ2v) is 7.00. The Morgan fingerprint density at radius 1 is 1.30 bits per heavy atom. The maximum atomic E-state index is 13.9. The van der Waals surface area contributed by atoms with Gasteiger partial charge in [0.15, 0.2) is 0 Å². The molecule has 0 aliphatic carbocycles. The Kier molecular flexibility index (Phi) is 3.20. The Morgan fingerprint density at radius 3 is 2.87 bits per heavy atom. The van der Waals surface area contributed by atoms with Crippen LogP contribution in [0.2, 0.25) is 0 Å². The van der Waals surface area contributed by atoms with Gasteiger partial charge >= 0.3 is 0 Å². The summed E-state index contributed by atoms with van der Waals surface area (Å²) in [4.78, 5) is 19.3. The molecule has 1 aliphatic rings. The first-order valence-corrected chi connectivity index (χ1v) is 8.34. The van der Waals surface area contributed by atoms with Gasteiger partial charge in [-0.2, -0.15) is 0 Å². The van der Waals surface area contributed by atoms with Gasteiger partial charge in [-0.25, -0.2) is 9.37 Å². The Morgan fingerprint density at radius 2 is 2.09 bits per heavy atom. The van der Waals surface area contributed by atoms with E-state index in [4.69, 9.17) is 4.98 Å². The molecule has 1 aromatic carbocycles. The van der Waals surface area contributed by atoms with Gasteiger partial charge in [0, 0.05) is 17.0 Å². The van der Waals surface area contributed by atoms with E-state index in [1.54, 1.807) is 40.2 Å². The van der Waals surface area contributed by atoms with Crippen molar-refractivity contribution in [2.75, 3.05) is 0 Å². The van der Waals surface area contributed by atoms with Gasteiger partial charge in [-0.15, -0.1) is 11.3 Å². The standard InChI is InChI=1S/C18H15FN2OS/c1-10-11(2)23-17-15(10)18(22)21-8-7-13(16(21)20-17)9-12-5-3-4-6-14(12)19/h3-6,9H,7-8H2,1-2H3. The molecule has 0 unspecified atom stereocenters. The van der Waals surface area contributed by atoms with E-state index in [2.05, 4.69) is 0 Å². The number of thiophene rings is 1. The van der Waals surface area contributed by atoms with E-state index in [1.165, 1.54) is 6.07 Å². The van der Waals surface area contributed by atoms with Gasteiger partial charge < -0.3 is 0 Å². The highest BCUT2D eigenvalue weighted by Crippen LogP contribution is 2.32. The van der Waals surface area contributed by atoms with Gasteiger partial charge in [-0.3, -0.25) is 9.36 Å². The number of halogens is 1. The largest absolute Gasteiger partial charge is 0.292 e. The lowest BCUT2D eigenvalue weighted by atomic mass is 10.1. The number of allylic oxidation sites excluding steroid dienone is 1. The summed E-state index contributed by atoms with van der Waals surface area (Å²) in [7, 11) is 0. The number of rotatable bonds is 1. The third-order valence-corrected chi connectivity index (χ3v) is 5.52. The van der Waals surface area contributed by atoms with Crippen molar-refractivity contribution >= 4 is 33.2 Å². The fraction of sp³-hybridized carbons (Fsp3) is 0.222. The monoisotopic (exact) mass is 326 g/mol. The van der Waals surface area contributed by atoms with Crippen molar-refractivity contribution in [1.82, 2.24) is 9.55 Å². The first kappa shape index (κ1) is 14.3. The summed E-state index contributed by atoms with van der Waals surface area (Å²) in [5.41, 5.74) is 2.48. The topological polar surface area (TPSA) is 34.9 Å². The second kappa shape index (κ2) is 5.13. The molecule has 0 spiro atoms. The van der Waals surface area contributed by atoms with Gasteiger partial charge in [-0.1, -0.05) is 18.2 Å². The third kappa shape index (κ3) is 2.15. The summed E-state index contributed by atoms with van der Waals surface area (Å²) in [5.74, 6) is 0.414. The molecular weight excluding hydrogens is 311 g/mol. The Balaban J connectivity index is 1.94. The molecule has 0 bridgehead atoms. The molecule has 5 heteroatoms. The molecule has 3 aromatic rings. The Labute approximate surface area is 136 Å². The molecule has 116 valence electrons. The van der Waals surface area contributed by atoms with Crippen LogP contribution in [0.15, 0.2) is 29.1 Å². The molecule has 0 radical (unpaired) electrons. The number of hydrogen-bond donors (Lipinski definition) is 0. The minimum absolute atomic E-state index is 0.0174. The maximum absolute atomic E-state index is 13.9. The molecule has 0 N–H and O–H groups in total. The van der Waals surface area contributed by atoms with Crippen LogP contribution in [0.1, 0.15) is 28.2 Å². The van der Waals surface area contributed by atoms with Crippen LogP contribution < -0.4 is 5.56 Å². The van der Waals surface area contributed by atoms with E-state index >= 15 is 0 Å². The molecule has 3 heterocycles. The van der Waals surface area contributed by atoms with Crippen molar-refractivity contribution < 1.29 is 4.39 Å². The van der Waals surface area contributed by atoms with E-state index in [1.807, 2.05) is 13.8 Å². The molecule has 0 saturated carbocycles. The van der Waals surface area contributed by atoms with Crippen molar-refractivity contribution in [1.29, 1.82) is 0 Å². The number of fused-ring (bicyclic) bond motifs is 2. The lowest BCUT2D eigenvalue weighted by Gasteiger charge is -2.04. The average Bonchev–Trinajstić information content (AvgIpc) is 3.05. The summed E-state index contributed by atoms with van der Waals surface area (Å²) in [6, 6.07) is 6.65. The van der Waals surface area contributed by atoms with Gasteiger partial charge in [0.1, 0.15) is 16.5 Å². The number of benzene rings is 1. The molecule has 0 fully saturated rings. The van der Waals surface area contributed by atoms with Crippen LogP contribution >= 0.6 is 11.3 Å². The molecule has 0 atom stereocenters. The zero-order valence-electron chi connectivity index (χ0n) is 12.9. The molecular formula is C18H15FN2OS. The van der Waals surface area contributed by atoms with Gasteiger partial charge in [0.25, 0.3) is 5.56 Å². The van der Waals surface area contributed by atoms with Gasteiger partial charge in [-0.05, 0) is 43.5 Å². The molecule has 4 rings (SSSR count). The first-order chi connectivity index (χ1) is 11.1. The summed E-state index contributed by atoms with van der Waals surface area (Å²) in [5, 5.41) is 0.725. The molecule has 23 heavy (non-hydrogen) atoms. The summed E-state index contributed by atoms with van der Waals surface area (Å²) < 4.78 is 15.6. The molecule has 0 saturated heterocycles. The molecule has 1 aliphatic heterocycles. The SMILES string of the molecule is Cc1sc2nc3n(c(=O)c2c1C)CCC3=Cc1ccccc1F. The number of aromatic nitrogens is 2. The predicted octanol–water partition coefficient (Wildman–Crippen LogP) is 4.16. The molecule has 2 aromatic heterocycles. The Hall–Kier alpha value is -2.27. The summed E-state index contributed by atoms with van der Waals surface area (Å²) in [6.45, 7) is 4.58. The lowest BCUT2D eigenvalue weighted by molar-refractivity contribution is 0.625. The normalized spacial score (nSPS) is 15.5. The highest BCUT2D eigenvalue weighted by molar-refractivity contribution is 7.18. The van der Waals surface area contributed by atoms with Crippen LogP contribution in [-0.2, 0) is 6.54 Å². The van der Waals surface area contributed by atoms with Crippen LogP contribution in [0.25, 0.3) is 21.9 Å². The lowest BCUT2D eigenvalue weighted by Crippen LogP contribution is -2.20. The first-order valence-electron chi connectivity index (χ1n) is 7.52. The van der Waals surface area contributed by atoms with Crippen LogP contribution in [0, 0.1) is 19.7 Å². The minimum atomic E-state index is -0.260. The van der Waals surface area contributed by atoms with Crippen molar-refractivity contribution in [2.24, 2.45) is 0 Å². The molecule has 0 amide bonds. The highest BCUT2D eigenvalue weighted by Gasteiger charge is 2.23. The third-order valence-electron chi connectivity index (χ3n) is 4.42. The van der Waals surface area contributed by atoms with E-state index < -0.39 is 0 Å². The minimum Gasteiger partial charge on any atom is -0.292 e. The highest BCUT2D eigenvalue weighted by atomic mass is 32.1. The Bertz CT molecular complexity index is 1030. The summed E-state index contributed by atoms with van der Waals surface area (Å²) in [6.07, 6.45) is 2.51. The van der Waals surface area contributed by atoms with E-state index in [-0.39, 0.29) is 11.4 Å². The van der Waals surface area contributed by atoms with E-state index in [9.17, 15) is 9.18 Å². The van der Waals surface area contributed by atoms with Crippen LogP contribution in [-0.4, -0.2) is 9.55 Å². The van der Waals surface area contributed by atoms with Crippen LogP contribution in [0.3, 0.4) is 0 Å². The fourth-order valence-electron chi connectivity index (χ4n) is 3.04. The van der Waals surface area contributed by atoms with E-state index in [0.29, 0.717) is 24.4 Å². The average molecular weight is 326 g/mol. The number of hydrogen-bond acceptors (Lipinski definition) is 3. The van der Waals surface area contributed by atoms with E-state index in [0.717, 1.165) is 26.2 Å². The van der Waals surface area contributed by atoms with Crippen molar-refractivity contribution in [3.63, 3.8) is 0 Å². The van der Waals surface area contributed by atoms with Crippen molar-refractivity contribution in [3.05, 3.63) is 62.3 Å². The van der Waals surface area contributed by atoms with Crippen LogP contribution in [0.5, 0.6) is 0 Å². The summed E-state index contributed by atoms with van der Waals surface area (Å²) >= 11 is 1.54. The van der Waals surface area contributed by atoms with Crippen molar-refractivity contribution in [3.8, 4) is 0 Å². The number of aryl methyl sites for hydroxylation is 2. The van der Waals surface area contributed by atoms with Gasteiger partial charge in [0.05, 0.1) is 5.39 Å². The maximum Gasteiger partial charge on any atom is 0.262 e. The molecule has 3 nitrogen and oxygen atoms in total. The predicted molar refractivity (Wildman–Crippen MR) is 92.2 cm³/mol. The quantitative estimate of drug-likeness (QED) is 0.673. The van der Waals surface area contributed by atoms with Gasteiger partial charge in [0.2, 0.25) is 0 Å². The fourth-order valence-corrected chi connectivity index (χ4v) is 4.06. The second-order valence-electron chi connectivity index (χ2n) is 5.80.